The molecule has 0 atom stereocenters. The van der Waals surface area contributed by atoms with Crippen LogP contribution in [-0.2, 0) is 10.8 Å². The van der Waals surface area contributed by atoms with Crippen LogP contribution in [0.2, 0.25) is 0 Å². The molecule has 260 valence electrons. The lowest BCUT2D eigenvalue weighted by atomic mass is 9.65. The number of hydrogen-bond donors (Lipinski definition) is 0. The highest BCUT2D eigenvalue weighted by atomic mass is 15.1. The van der Waals surface area contributed by atoms with Crippen molar-refractivity contribution in [2.75, 3.05) is 9.80 Å². The molecule has 0 saturated heterocycles. The van der Waals surface area contributed by atoms with E-state index < -0.39 is 0 Å². The summed E-state index contributed by atoms with van der Waals surface area (Å²) >= 11 is 0. The van der Waals surface area contributed by atoms with Gasteiger partial charge in [-0.2, -0.15) is 0 Å². The third-order valence-corrected chi connectivity index (χ3v) is 11.9. The largest absolute Gasteiger partial charge is 0.311 e. The lowest BCUT2D eigenvalue weighted by Gasteiger charge is -2.39. The second kappa shape index (κ2) is 13.6. The molecule has 2 aliphatic rings. The monoisotopic (exact) mass is 686 g/mol. The summed E-state index contributed by atoms with van der Waals surface area (Å²) in [7, 11) is 0. The van der Waals surface area contributed by atoms with E-state index in [2.05, 4.69) is 206 Å². The van der Waals surface area contributed by atoms with Gasteiger partial charge >= 0.3 is 0 Å². The molecule has 1 saturated carbocycles. The first-order valence-corrected chi connectivity index (χ1v) is 19.2. The predicted molar refractivity (Wildman–Crippen MR) is 224 cm³/mol. The Morgan fingerprint density at radius 1 is 0.377 bits per heavy atom. The van der Waals surface area contributed by atoms with E-state index in [-0.39, 0.29) is 10.8 Å². The van der Waals surface area contributed by atoms with E-state index in [9.17, 15) is 0 Å². The van der Waals surface area contributed by atoms with Crippen molar-refractivity contribution in [3.8, 4) is 11.1 Å². The van der Waals surface area contributed by atoms with Crippen LogP contribution in [0.4, 0.5) is 34.1 Å². The molecule has 0 bridgehead atoms. The van der Waals surface area contributed by atoms with Gasteiger partial charge < -0.3 is 9.80 Å². The van der Waals surface area contributed by atoms with Gasteiger partial charge in [-0.25, -0.2) is 0 Å². The number of fused-ring (bicyclic) bond motifs is 3. The minimum absolute atomic E-state index is 0.0190. The van der Waals surface area contributed by atoms with Gasteiger partial charge in [0.25, 0.3) is 0 Å². The van der Waals surface area contributed by atoms with Crippen molar-refractivity contribution in [2.45, 2.75) is 56.8 Å². The minimum atomic E-state index is -0.121. The van der Waals surface area contributed by atoms with Crippen LogP contribution in [0.5, 0.6) is 0 Å². The van der Waals surface area contributed by atoms with Crippen LogP contribution < -0.4 is 9.80 Å². The van der Waals surface area contributed by atoms with E-state index in [4.69, 9.17) is 0 Å². The van der Waals surface area contributed by atoms with Gasteiger partial charge in [-0.05, 0) is 113 Å². The van der Waals surface area contributed by atoms with Crippen molar-refractivity contribution in [3.05, 3.63) is 204 Å². The first-order chi connectivity index (χ1) is 26.0. The highest BCUT2D eigenvalue weighted by molar-refractivity contribution is 5.90. The van der Waals surface area contributed by atoms with E-state index in [1.54, 1.807) is 0 Å². The van der Waals surface area contributed by atoms with Gasteiger partial charge in [-0.3, -0.25) is 0 Å². The van der Waals surface area contributed by atoms with Crippen molar-refractivity contribution < 1.29 is 0 Å². The van der Waals surface area contributed by atoms with Gasteiger partial charge in [0.05, 0.1) is 5.69 Å². The Kier molecular flexibility index (Phi) is 8.47. The lowest BCUT2D eigenvalue weighted by molar-refractivity contribution is 0.346. The fourth-order valence-corrected chi connectivity index (χ4v) is 9.37. The molecule has 0 radical (unpaired) electrons. The van der Waals surface area contributed by atoms with Gasteiger partial charge in [0.2, 0.25) is 0 Å². The standard InChI is InChI=1S/C51H46N2/c1-50(2)47-26-14-13-24-45(47)46-25-17-27-48(49(46)50)53(42-22-11-5-12-23-42)44-34-30-39(31-35-44)51(36-15-6-16-37-51)38-28-32-43(33-29-38)52(40-18-7-3-8-19-40)41-20-9-4-10-21-41/h3-5,7-14,17-35H,6,15-16,36-37H2,1-2H3. The molecule has 0 aromatic heterocycles. The number of para-hydroxylation sites is 3. The van der Waals surface area contributed by atoms with Gasteiger partial charge in [-0.1, -0.05) is 148 Å². The van der Waals surface area contributed by atoms with Crippen LogP contribution in [-0.4, -0.2) is 0 Å². The first-order valence-electron chi connectivity index (χ1n) is 19.2. The predicted octanol–water partition coefficient (Wildman–Crippen LogP) is 14.2. The van der Waals surface area contributed by atoms with Gasteiger partial charge in [0, 0.05) is 39.3 Å². The van der Waals surface area contributed by atoms with Crippen molar-refractivity contribution in [1.82, 2.24) is 0 Å². The first kappa shape index (κ1) is 33.0. The van der Waals surface area contributed by atoms with Crippen LogP contribution in [0, 0.1) is 0 Å². The zero-order valence-corrected chi connectivity index (χ0v) is 30.8. The molecule has 7 aromatic carbocycles. The Morgan fingerprint density at radius 3 is 1.36 bits per heavy atom. The highest BCUT2D eigenvalue weighted by Crippen LogP contribution is 2.54. The van der Waals surface area contributed by atoms with Crippen molar-refractivity contribution in [3.63, 3.8) is 0 Å². The molecule has 1 fully saturated rings. The van der Waals surface area contributed by atoms with E-state index in [0.717, 1.165) is 24.2 Å². The van der Waals surface area contributed by atoms with Crippen molar-refractivity contribution in [1.29, 1.82) is 0 Å². The van der Waals surface area contributed by atoms with Crippen molar-refractivity contribution >= 4 is 34.1 Å². The van der Waals surface area contributed by atoms with E-state index >= 15 is 0 Å². The molecule has 9 rings (SSSR count). The molecule has 2 nitrogen and oxygen atoms in total. The molecule has 0 amide bonds. The number of anilines is 6. The van der Waals surface area contributed by atoms with Gasteiger partial charge in [0.15, 0.2) is 0 Å². The number of hydrogen-bond acceptors (Lipinski definition) is 2. The molecule has 0 heterocycles. The molecule has 0 N–H and O–H groups in total. The Bertz CT molecular complexity index is 2280. The highest BCUT2D eigenvalue weighted by Gasteiger charge is 2.39. The van der Waals surface area contributed by atoms with Crippen molar-refractivity contribution in [2.24, 2.45) is 0 Å². The molecule has 0 aliphatic heterocycles. The smallest absolute Gasteiger partial charge is 0.0508 e. The Balaban J connectivity index is 1.11. The molecule has 53 heavy (non-hydrogen) atoms. The van der Waals surface area contributed by atoms with Crippen LogP contribution in [0.1, 0.15) is 68.2 Å². The minimum Gasteiger partial charge on any atom is -0.311 e. The van der Waals surface area contributed by atoms with E-state index in [1.807, 2.05) is 0 Å². The molecule has 7 aromatic rings. The summed E-state index contributed by atoms with van der Waals surface area (Å²) in [4.78, 5) is 4.82. The van der Waals surface area contributed by atoms with Gasteiger partial charge in [0.1, 0.15) is 0 Å². The molecule has 2 aliphatic carbocycles. The van der Waals surface area contributed by atoms with Crippen LogP contribution in [0.25, 0.3) is 11.1 Å². The zero-order chi connectivity index (χ0) is 35.8. The SMILES string of the molecule is CC1(C)c2ccccc2-c2cccc(N(c3ccccc3)c3ccc(C4(c5ccc(N(c6ccccc6)c6ccccc6)cc5)CCCCC4)cc3)c21. The van der Waals surface area contributed by atoms with Crippen LogP contribution in [0.3, 0.4) is 0 Å². The average Bonchev–Trinajstić information content (AvgIpc) is 3.46. The third-order valence-electron chi connectivity index (χ3n) is 11.9. The molecule has 0 unspecified atom stereocenters. The van der Waals surface area contributed by atoms with Crippen LogP contribution >= 0.6 is 0 Å². The fraction of sp³-hybridized carbons (Fsp3) is 0.176. The lowest BCUT2D eigenvalue weighted by Crippen LogP contribution is -2.30. The maximum absolute atomic E-state index is 2.47. The summed E-state index contributed by atoms with van der Waals surface area (Å²) in [5, 5.41) is 0. The maximum Gasteiger partial charge on any atom is 0.0508 e. The molecule has 2 heteroatoms. The van der Waals surface area contributed by atoms with Crippen LogP contribution in [0.15, 0.2) is 182 Å². The molecule has 0 spiro atoms. The summed E-state index contributed by atoms with van der Waals surface area (Å²) in [6.07, 6.45) is 6.10. The summed E-state index contributed by atoms with van der Waals surface area (Å²) in [5.74, 6) is 0. The normalized spacial score (nSPS) is 15.3. The average molecular weight is 687 g/mol. The zero-order valence-electron chi connectivity index (χ0n) is 30.8. The summed E-state index contributed by atoms with van der Waals surface area (Å²) in [5.41, 5.74) is 15.2. The number of nitrogens with zero attached hydrogens (tertiary/aromatic N) is 2. The molecular weight excluding hydrogens is 641 g/mol. The van der Waals surface area contributed by atoms with Gasteiger partial charge in [-0.15, -0.1) is 0 Å². The maximum atomic E-state index is 2.47. The third kappa shape index (κ3) is 5.74. The second-order valence-corrected chi connectivity index (χ2v) is 15.3. The molecular formula is C51H46N2. The fourth-order valence-electron chi connectivity index (χ4n) is 9.37. The quantitative estimate of drug-likeness (QED) is 0.157. The summed E-state index contributed by atoms with van der Waals surface area (Å²) in [6.45, 7) is 4.76. The Hall–Kier alpha value is -5.86. The summed E-state index contributed by atoms with van der Waals surface area (Å²) < 4.78 is 0. The Morgan fingerprint density at radius 2 is 0.811 bits per heavy atom. The van der Waals surface area contributed by atoms with E-state index in [0.29, 0.717) is 0 Å². The van der Waals surface area contributed by atoms with E-state index in [1.165, 1.54) is 75.4 Å². The Labute approximate surface area is 315 Å². The topological polar surface area (TPSA) is 6.48 Å². The second-order valence-electron chi connectivity index (χ2n) is 15.3. The number of benzene rings is 7. The number of rotatable bonds is 8. The summed E-state index contributed by atoms with van der Waals surface area (Å²) in [6, 6.07) is 67.1.